The summed E-state index contributed by atoms with van der Waals surface area (Å²) >= 11 is 0. The van der Waals surface area contributed by atoms with Gasteiger partial charge in [-0.25, -0.2) is 4.39 Å². The fraction of sp³-hybridized carbons (Fsp3) is 0.0588. The lowest BCUT2D eigenvalue weighted by Crippen LogP contribution is -2.20. The first-order valence-corrected chi connectivity index (χ1v) is 7.14. The molecule has 1 aliphatic heterocycles. The van der Waals surface area contributed by atoms with Gasteiger partial charge in [-0.1, -0.05) is 0 Å². The molecule has 1 aromatic carbocycles. The van der Waals surface area contributed by atoms with E-state index in [1.807, 2.05) is 0 Å². The van der Waals surface area contributed by atoms with Crippen LogP contribution < -0.4 is 10.5 Å². The van der Waals surface area contributed by atoms with Crippen LogP contribution in [-0.4, -0.2) is 10.2 Å². The first kappa shape index (κ1) is 14.1. The average Bonchev–Trinajstić information content (AvgIpc) is 3.24. The number of nitrogens with zero attached hydrogens (tertiary/aromatic N) is 2. The number of ether oxygens (including phenoxy) is 1. The molecule has 0 bridgehead atoms. The maximum atomic E-state index is 13.2. The average molecular weight is 322 g/mol. The van der Waals surface area contributed by atoms with E-state index in [0.29, 0.717) is 22.6 Å². The highest BCUT2D eigenvalue weighted by Gasteiger charge is 2.37. The van der Waals surface area contributed by atoms with Crippen LogP contribution in [0.3, 0.4) is 0 Å². The first-order valence-electron chi connectivity index (χ1n) is 7.14. The van der Waals surface area contributed by atoms with Gasteiger partial charge in [0.2, 0.25) is 11.8 Å². The summed E-state index contributed by atoms with van der Waals surface area (Å²) in [6.07, 6.45) is 1.52. The Morgan fingerprint density at radius 1 is 1.25 bits per heavy atom. The minimum absolute atomic E-state index is 0.0106. The number of rotatable bonds is 2. The molecule has 0 unspecified atom stereocenters. The van der Waals surface area contributed by atoms with Crippen LogP contribution in [0.4, 0.5) is 4.39 Å². The van der Waals surface area contributed by atoms with E-state index in [2.05, 4.69) is 16.3 Å². The third-order valence-corrected chi connectivity index (χ3v) is 3.90. The minimum Gasteiger partial charge on any atom is -0.468 e. The van der Waals surface area contributed by atoms with E-state index in [9.17, 15) is 9.65 Å². The minimum atomic E-state index is -0.549. The number of aromatic nitrogens is 2. The zero-order valence-corrected chi connectivity index (χ0v) is 12.3. The number of nitrogens with two attached hydrogens (primary N) is 1. The van der Waals surface area contributed by atoms with Crippen molar-refractivity contribution in [3.63, 3.8) is 0 Å². The van der Waals surface area contributed by atoms with Crippen molar-refractivity contribution < 1.29 is 13.5 Å². The van der Waals surface area contributed by atoms with Crippen molar-refractivity contribution in [1.82, 2.24) is 10.2 Å². The second kappa shape index (κ2) is 5.28. The van der Waals surface area contributed by atoms with Gasteiger partial charge in [0.25, 0.3) is 0 Å². The van der Waals surface area contributed by atoms with Gasteiger partial charge in [0, 0.05) is 5.56 Å². The molecule has 0 saturated carbocycles. The lowest BCUT2D eigenvalue weighted by Gasteiger charge is -2.22. The fourth-order valence-corrected chi connectivity index (χ4v) is 2.82. The molecule has 3 heterocycles. The van der Waals surface area contributed by atoms with E-state index < -0.39 is 5.92 Å². The Bertz CT molecular complexity index is 965. The molecule has 1 aliphatic rings. The highest BCUT2D eigenvalue weighted by molar-refractivity contribution is 5.70. The standard InChI is InChI=1S/C17H11FN4O2/c18-10-5-3-9(4-6-10)15-14-13(12-2-1-7-23-12)11(8-19)16(20)24-17(14)22-21-15/h1-7,13H,20H2,(H,21,22)/t13-/m1/s1. The molecular weight excluding hydrogens is 311 g/mol. The largest absolute Gasteiger partial charge is 0.468 e. The van der Waals surface area contributed by atoms with Crippen molar-refractivity contribution in [3.8, 4) is 23.2 Å². The van der Waals surface area contributed by atoms with E-state index in [4.69, 9.17) is 14.9 Å². The number of fused-ring (bicyclic) bond motifs is 1. The number of furan rings is 1. The highest BCUT2D eigenvalue weighted by atomic mass is 19.1. The summed E-state index contributed by atoms with van der Waals surface area (Å²) in [4.78, 5) is 0. The molecule has 3 aromatic rings. The maximum Gasteiger partial charge on any atom is 0.244 e. The van der Waals surface area contributed by atoms with Gasteiger partial charge in [-0.05, 0) is 36.4 Å². The molecule has 0 saturated heterocycles. The quantitative estimate of drug-likeness (QED) is 0.755. The van der Waals surface area contributed by atoms with Crippen molar-refractivity contribution >= 4 is 0 Å². The monoisotopic (exact) mass is 322 g/mol. The molecule has 0 amide bonds. The van der Waals surface area contributed by atoms with E-state index in [1.54, 1.807) is 24.3 Å². The number of halogens is 1. The number of hydrogen-bond acceptors (Lipinski definition) is 5. The Morgan fingerprint density at radius 3 is 2.71 bits per heavy atom. The number of aromatic amines is 1. The Morgan fingerprint density at radius 2 is 2.04 bits per heavy atom. The first-order chi connectivity index (χ1) is 11.7. The molecule has 0 radical (unpaired) electrons. The van der Waals surface area contributed by atoms with Crippen molar-refractivity contribution in [3.05, 3.63) is 71.3 Å². The fourth-order valence-electron chi connectivity index (χ4n) is 2.82. The van der Waals surface area contributed by atoms with Crippen molar-refractivity contribution in [2.75, 3.05) is 0 Å². The number of nitriles is 1. The van der Waals surface area contributed by atoms with Crippen molar-refractivity contribution in [2.45, 2.75) is 5.92 Å². The lowest BCUT2D eigenvalue weighted by atomic mass is 9.86. The molecular formula is C17H11FN4O2. The molecule has 2 aromatic heterocycles. The van der Waals surface area contributed by atoms with Crippen LogP contribution in [0.1, 0.15) is 17.2 Å². The smallest absolute Gasteiger partial charge is 0.244 e. The molecule has 118 valence electrons. The number of allylic oxidation sites excluding steroid dienone is 1. The number of H-pyrrole nitrogens is 1. The van der Waals surface area contributed by atoms with E-state index in [0.717, 1.165) is 0 Å². The van der Waals surface area contributed by atoms with Gasteiger partial charge in [0.1, 0.15) is 23.2 Å². The second-order valence-corrected chi connectivity index (χ2v) is 5.26. The predicted molar refractivity (Wildman–Crippen MR) is 82.0 cm³/mol. The Labute approximate surface area is 136 Å². The third kappa shape index (κ3) is 2.05. The van der Waals surface area contributed by atoms with Crippen LogP contribution >= 0.6 is 0 Å². The molecule has 7 heteroatoms. The molecule has 0 spiro atoms. The summed E-state index contributed by atoms with van der Waals surface area (Å²) in [5.41, 5.74) is 8.05. The number of nitrogens with one attached hydrogen (secondary N) is 1. The van der Waals surface area contributed by atoms with Gasteiger partial charge in [-0.2, -0.15) is 5.26 Å². The second-order valence-electron chi connectivity index (χ2n) is 5.26. The number of hydrogen-bond donors (Lipinski definition) is 2. The van der Waals surface area contributed by atoms with Gasteiger partial charge in [0.15, 0.2) is 0 Å². The van der Waals surface area contributed by atoms with E-state index in [-0.39, 0.29) is 23.2 Å². The van der Waals surface area contributed by atoms with E-state index in [1.165, 1.54) is 18.4 Å². The zero-order valence-electron chi connectivity index (χ0n) is 12.3. The predicted octanol–water partition coefficient (Wildman–Crippen LogP) is 3.03. The van der Waals surface area contributed by atoms with Crippen molar-refractivity contribution in [1.29, 1.82) is 5.26 Å². The Balaban J connectivity index is 1.94. The summed E-state index contributed by atoms with van der Waals surface area (Å²) < 4.78 is 24.2. The molecule has 24 heavy (non-hydrogen) atoms. The summed E-state index contributed by atoms with van der Waals surface area (Å²) in [6.45, 7) is 0. The van der Waals surface area contributed by atoms with Crippen molar-refractivity contribution in [2.24, 2.45) is 5.73 Å². The molecule has 6 nitrogen and oxygen atoms in total. The van der Waals surface area contributed by atoms with Gasteiger partial charge in [-0.15, -0.1) is 5.10 Å². The SMILES string of the molecule is N#CC1=C(N)Oc2n[nH]c(-c3ccc(F)cc3)c2[C@H]1c1ccco1. The summed E-state index contributed by atoms with van der Waals surface area (Å²) in [7, 11) is 0. The molecule has 0 fully saturated rings. The van der Waals surface area contributed by atoms with Gasteiger partial charge >= 0.3 is 0 Å². The topological polar surface area (TPSA) is 101 Å². The number of benzene rings is 1. The third-order valence-electron chi connectivity index (χ3n) is 3.90. The van der Waals surface area contributed by atoms with E-state index >= 15 is 0 Å². The summed E-state index contributed by atoms with van der Waals surface area (Å²) in [5.74, 6) is -0.0834. The molecule has 1 atom stereocenters. The van der Waals surface area contributed by atoms with Crippen LogP contribution in [0.5, 0.6) is 5.88 Å². The zero-order chi connectivity index (χ0) is 16.7. The summed E-state index contributed by atoms with van der Waals surface area (Å²) in [6, 6.07) is 11.5. The van der Waals surface area contributed by atoms with Crippen LogP contribution in [0.15, 0.2) is 58.5 Å². The van der Waals surface area contributed by atoms with Gasteiger partial charge < -0.3 is 14.9 Å². The van der Waals surface area contributed by atoms with Crippen LogP contribution in [0.2, 0.25) is 0 Å². The van der Waals surface area contributed by atoms with Crippen LogP contribution in [0.25, 0.3) is 11.3 Å². The Kier molecular flexibility index (Phi) is 3.10. The van der Waals surface area contributed by atoms with Gasteiger partial charge in [0.05, 0.1) is 23.4 Å². The highest BCUT2D eigenvalue weighted by Crippen LogP contribution is 2.45. The van der Waals surface area contributed by atoms with Gasteiger partial charge in [-0.3, -0.25) is 5.10 Å². The van der Waals surface area contributed by atoms with Crippen LogP contribution in [-0.2, 0) is 0 Å². The molecule has 3 N–H and O–H groups in total. The Hall–Kier alpha value is -3.53. The molecule has 0 aliphatic carbocycles. The maximum absolute atomic E-state index is 13.2. The summed E-state index contributed by atoms with van der Waals surface area (Å²) in [5, 5.41) is 16.5. The normalized spacial score (nSPS) is 16.4. The van der Waals surface area contributed by atoms with Crippen LogP contribution in [0, 0.1) is 17.1 Å². The lowest BCUT2D eigenvalue weighted by molar-refractivity contribution is 0.371. The molecule has 4 rings (SSSR count).